The number of benzene rings is 3. The maximum atomic E-state index is 13.5. The minimum atomic E-state index is 0.111. The SMILES string of the molecule is CCCCCc1ccc(C(=O)N(CCN(CC)CC)Cc2ccc(-c3ccccc3)cc2)cc1. The Balaban J connectivity index is 1.73. The third-order valence-corrected chi connectivity index (χ3v) is 6.57. The van der Waals surface area contributed by atoms with E-state index in [1.54, 1.807) is 0 Å². The highest BCUT2D eigenvalue weighted by Gasteiger charge is 2.17. The molecule has 0 bridgehead atoms. The van der Waals surface area contributed by atoms with Crippen LogP contribution in [-0.2, 0) is 13.0 Å². The van der Waals surface area contributed by atoms with Crippen molar-refractivity contribution in [2.45, 2.75) is 53.0 Å². The molecule has 0 atom stereocenters. The number of aryl methyl sites for hydroxylation is 1. The summed E-state index contributed by atoms with van der Waals surface area (Å²) in [5, 5.41) is 0. The molecule has 0 radical (unpaired) electrons. The zero-order chi connectivity index (χ0) is 24.2. The second-order valence-corrected chi connectivity index (χ2v) is 8.97. The first-order valence-corrected chi connectivity index (χ1v) is 12.9. The number of unbranched alkanes of at least 4 members (excludes halogenated alkanes) is 2. The zero-order valence-electron chi connectivity index (χ0n) is 21.2. The largest absolute Gasteiger partial charge is 0.333 e. The predicted octanol–water partition coefficient (Wildman–Crippen LogP) is 7.07. The number of hydrogen-bond acceptors (Lipinski definition) is 2. The van der Waals surface area contributed by atoms with E-state index in [1.165, 1.54) is 36.0 Å². The average Bonchev–Trinajstić information content (AvgIpc) is 2.89. The summed E-state index contributed by atoms with van der Waals surface area (Å²) in [6, 6.07) is 27.3. The summed E-state index contributed by atoms with van der Waals surface area (Å²) >= 11 is 0. The van der Waals surface area contributed by atoms with Crippen LogP contribution < -0.4 is 0 Å². The standard InChI is InChI=1S/C31H40N2O/c1-4-7-9-12-26-15-21-30(22-16-26)31(34)33(24-23-32(5-2)6-3)25-27-17-19-29(20-18-27)28-13-10-8-11-14-28/h8,10-11,13-22H,4-7,9,12,23-25H2,1-3H3. The molecule has 0 unspecified atom stereocenters. The van der Waals surface area contributed by atoms with Gasteiger partial charge < -0.3 is 9.80 Å². The number of likely N-dealkylation sites (N-methyl/N-ethyl adjacent to an activating group) is 1. The maximum absolute atomic E-state index is 13.5. The Hall–Kier alpha value is -2.91. The molecule has 0 heterocycles. The van der Waals surface area contributed by atoms with Crippen LogP contribution in [0.2, 0.25) is 0 Å². The molecule has 180 valence electrons. The van der Waals surface area contributed by atoms with Crippen LogP contribution in [0.1, 0.15) is 61.5 Å². The normalized spacial score (nSPS) is 11.1. The molecule has 0 aliphatic heterocycles. The van der Waals surface area contributed by atoms with Crippen molar-refractivity contribution in [1.29, 1.82) is 0 Å². The Morgan fingerprint density at radius 1 is 0.676 bits per heavy atom. The van der Waals surface area contributed by atoms with E-state index in [2.05, 4.69) is 86.3 Å². The number of carbonyl (C=O) groups is 1. The van der Waals surface area contributed by atoms with Crippen molar-refractivity contribution >= 4 is 5.91 Å². The van der Waals surface area contributed by atoms with Gasteiger partial charge in [-0.1, -0.05) is 100 Å². The smallest absolute Gasteiger partial charge is 0.254 e. The van der Waals surface area contributed by atoms with Crippen LogP contribution in [0.15, 0.2) is 78.9 Å². The highest BCUT2D eigenvalue weighted by molar-refractivity contribution is 5.94. The Bertz CT molecular complexity index is 976. The van der Waals surface area contributed by atoms with Gasteiger partial charge in [-0.25, -0.2) is 0 Å². The molecule has 3 nitrogen and oxygen atoms in total. The summed E-state index contributed by atoms with van der Waals surface area (Å²) in [5.74, 6) is 0.111. The van der Waals surface area contributed by atoms with Crippen molar-refractivity contribution in [2.24, 2.45) is 0 Å². The van der Waals surface area contributed by atoms with Gasteiger partial charge in [0, 0.05) is 25.2 Å². The quantitative estimate of drug-likeness (QED) is 0.257. The Kier molecular flexibility index (Phi) is 10.4. The molecular weight excluding hydrogens is 416 g/mol. The van der Waals surface area contributed by atoms with Gasteiger partial charge in [0.15, 0.2) is 0 Å². The first kappa shape index (κ1) is 25.7. The topological polar surface area (TPSA) is 23.6 Å². The van der Waals surface area contributed by atoms with Gasteiger partial charge in [0.2, 0.25) is 0 Å². The second-order valence-electron chi connectivity index (χ2n) is 8.97. The van der Waals surface area contributed by atoms with E-state index in [1.807, 2.05) is 23.1 Å². The third-order valence-electron chi connectivity index (χ3n) is 6.57. The molecule has 0 aliphatic carbocycles. The van der Waals surface area contributed by atoms with Crippen LogP contribution in [-0.4, -0.2) is 41.9 Å². The molecule has 3 rings (SSSR count). The number of carbonyl (C=O) groups excluding carboxylic acids is 1. The van der Waals surface area contributed by atoms with Crippen molar-refractivity contribution < 1.29 is 4.79 Å². The van der Waals surface area contributed by atoms with Gasteiger partial charge in [-0.15, -0.1) is 0 Å². The van der Waals surface area contributed by atoms with Crippen LogP contribution in [0.4, 0.5) is 0 Å². The van der Waals surface area contributed by atoms with Gasteiger partial charge >= 0.3 is 0 Å². The van der Waals surface area contributed by atoms with E-state index in [0.29, 0.717) is 6.54 Å². The summed E-state index contributed by atoms with van der Waals surface area (Å²) < 4.78 is 0. The van der Waals surface area contributed by atoms with Crippen LogP contribution >= 0.6 is 0 Å². The van der Waals surface area contributed by atoms with E-state index < -0.39 is 0 Å². The monoisotopic (exact) mass is 456 g/mol. The van der Waals surface area contributed by atoms with Gasteiger partial charge in [0.05, 0.1) is 0 Å². The number of amides is 1. The second kappa shape index (κ2) is 13.7. The fourth-order valence-electron chi connectivity index (χ4n) is 4.28. The van der Waals surface area contributed by atoms with Crippen molar-refractivity contribution in [3.05, 3.63) is 95.6 Å². The first-order valence-electron chi connectivity index (χ1n) is 12.9. The zero-order valence-corrected chi connectivity index (χ0v) is 21.2. The molecule has 0 N–H and O–H groups in total. The van der Waals surface area contributed by atoms with Crippen molar-refractivity contribution in [2.75, 3.05) is 26.2 Å². The molecule has 0 aromatic heterocycles. The van der Waals surface area contributed by atoms with Gasteiger partial charge in [-0.2, -0.15) is 0 Å². The van der Waals surface area contributed by atoms with E-state index >= 15 is 0 Å². The van der Waals surface area contributed by atoms with Gasteiger partial charge in [0.25, 0.3) is 5.91 Å². The Labute approximate surface area is 206 Å². The van der Waals surface area contributed by atoms with E-state index in [4.69, 9.17) is 0 Å². The molecule has 1 amide bonds. The lowest BCUT2D eigenvalue weighted by Gasteiger charge is -2.27. The highest BCUT2D eigenvalue weighted by Crippen LogP contribution is 2.20. The summed E-state index contributed by atoms with van der Waals surface area (Å²) in [6.07, 6.45) is 4.77. The molecule has 0 fully saturated rings. The summed E-state index contributed by atoms with van der Waals surface area (Å²) in [4.78, 5) is 17.9. The number of hydrogen-bond donors (Lipinski definition) is 0. The van der Waals surface area contributed by atoms with Crippen molar-refractivity contribution in [3.8, 4) is 11.1 Å². The molecule has 34 heavy (non-hydrogen) atoms. The molecular formula is C31H40N2O. The fraction of sp³-hybridized carbons (Fsp3) is 0.387. The Morgan fingerprint density at radius 2 is 1.29 bits per heavy atom. The molecule has 0 aliphatic rings. The summed E-state index contributed by atoms with van der Waals surface area (Å²) in [7, 11) is 0. The molecule has 3 aromatic carbocycles. The van der Waals surface area contributed by atoms with Gasteiger partial charge in [-0.05, 0) is 60.3 Å². The van der Waals surface area contributed by atoms with Gasteiger partial charge in [0.1, 0.15) is 0 Å². The van der Waals surface area contributed by atoms with E-state index in [0.717, 1.165) is 43.7 Å². The molecule has 0 spiro atoms. The third kappa shape index (κ3) is 7.56. The lowest BCUT2D eigenvalue weighted by atomic mass is 10.0. The fourth-order valence-corrected chi connectivity index (χ4v) is 4.28. The summed E-state index contributed by atoms with van der Waals surface area (Å²) in [5.41, 5.74) is 5.66. The van der Waals surface area contributed by atoms with Crippen molar-refractivity contribution in [3.63, 3.8) is 0 Å². The number of rotatable bonds is 13. The average molecular weight is 457 g/mol. The van der Waals surface area contributed by atoms with E-state index in [9.17, 15) is 4.79 Å². The van der Waals surface area contributed by atoms with Crippen LogP contribution in [0, 0.1) is 0 Å². The molecule has 0 saturated carbocycles. The summed E-state index contributed by atoms with van der Waals surface area (Å²) in [6.45, 7) is 10.8. The van der Waals surface area contributed by atoms with Crippen LogP contribution in [0.25, 0.3) is 11.1 Å². The van der Waals surface area contributed by atoms with Crippen LogP contribution in [0.5, 0.6) is 0 Å². The maximum Gasteiger partial charge on any atom is 0.254 e. The molecule has 0 saturated heterocycles. The van der Waals surface area contributed by atoms with Crippen LogP contribution in [0.3, 0.4) is 0 Å². The minimum Gasteiger partial charge on any atom is -0.333 e. The highest BCUT2D eigenvalue weighted by atomic mass is 16.2. The minimum absolute atomic E-state index is 0.111. The lowest BCUT2D eigenvalue weighted by molar-refractivity contribution is 0.0724. The first-order chi connectivity index (χ1) is 16.6. The van der Waals surface area contributed by atoms with Gasteiger partial charge in [-0.3, -0.25) is 4.79 Å². The van der Waals surface area contributed by atoms with E-state index in [-0.39, 0.29) is 5.91 Å². The molecule has 3 heteroatoms. The Morgan fingerprint density at radius 3 is 1.91 bits per heavy atom. The predicted molar refractivity (Wildman–Crippen MR) is 144 cm³/mol. The van der Waals surface area contributed by atoms with Crippen molar-refractivity contribution in [1.82, 2.24) is 9.80 Å². The molecule has 3 aromatic rings. The lowest BCUT2D eigenvalue weighted by Crippen LogP contribution is -2.38. The number of nitrogens with zero attached hydrogens (tertiary/aromatic N) is 2.